The van der Waals surface area contributed by atoms with E-state index in [-0.39, 0.29) is 12.1 Å². The molecule has 5 aromatic rings. The van der Waals surface area contributed by atoms with Gasteiger partial charge in [0.1, 0.15) is 23.4 Å². The molecule has 0 bridgehead atoms. The summed E-state index contributed by atoms with van der Waals surface area (Å²) in [7, 11) is 0. The summed E-state index contributed by atoms with van der Waals surface area (Å²) in [5.74, 6) is 2.86. The van der Waals surface area contributed by atoms with Gasteiger partial charge in [0.25, 0.3) is 0 Å². The fourth-order valence-electron chi connectivity index (χ4n) is 5.46. The van der Waals surface area contributed by atoms with Crippen LogP contribution < -0.4 is 4.74 Å². The molecule has 0 spiro atoms. The maximum absolute atomic E-state index is 6.40. The van der Waals surface area contributed by atoms with E-state index in [1.165, 1.54) is 10.8 Å². The van der Waals surface area contributed by atoms with Crippen molar-refractivity contribution in [3.63, 3.8) is 0 Å². The number of nitrogens with zero attached hydrogens (tertiary/aromatic N) is 4. The first kappa shape index (κ1) is 20.8. The highest BCUT2D eigenvalue weighted by atomic mass is 16.5. The van der Waals surface area contributed by atoms with Crippen LogP contribution in [0.4, 0.5) is 5.69 Å². The third-order valence-electron chi connectivity index (χ3n) is 7.19. The highest BCUT2D eigenvalue weighted by molar-refractivity contribution is 6.09. The average Bonchev–Trinajstić information content (AvgIpc) is 3.44. The van der Waals surface area contributed by atoms with Gasteiger partial charge >= 0.3 is 0 Å². The van der Waals surface area contributed by atoms with E-state index < -0.39 is 0 Å². The van der Waals surface area contributed by atoms with Gasteiger partial charge in [-0.15, -0.1) is 0 Å². The van der Waals surface area contributed by atoms with Crippen LogP contribution in [0.3, 0.4) is 0 Å². The van der Waals surface area contributed by atoms with Crippen LogP contribution in [0.5, 0.6) is 11.5 Å². The number of azo groups is 2. The topological polar surface area (TPSA) is 42.4 Å². The van der Waals surface area contributed by atoms with Crippen LogP contribution in [0, 0.1) is 5.92 Å². The SMILES string of the molecule is CC1C2C=CC=CC2N=[N+]1c1cccc(Oc2ccc3c4ccccc4n(-c4ccccn4)c3c2)c1. The molecule has 3 unspecified atom stereocenters. The van der Waals surface area contributed by atoms with Gasteiger partial charge in [-0.3, -0.25) is 4.57 Å². The van der Waals surface area contributed by atoms with Crippen LogP contribution in [-0.4, -0.2) is 26.3 Å². The molecule has 0 fully saturated rings. The molecule has 174 valence electrons. The first-order valence-electron chi connectivity index (χ1n) is 12.3. The fourth-order valence-corrected chi connectivity index (χ4v) is 5.46. The molecule has 36 heavy (non-hydrogen) atoms. The summed E-state index contributed by atoms with van der Waals surface area (Å²) >= 11 is 0. The standard InChI is InChI=1S/C31H25N4O/c1-21-25-11-2-4-13-28(25)33-35(21)22-9-8-10-23(19-22)36-24-16-17-27-26-12-3-5-14-29(26)34(30(27)20-24)31-15-6-7-18-32-31/h2-21,25,28H,1H3/q+1. The molecule has 0 amide bonds. The quantitative estimate of drug-likeness (QED) is 0.255. The Balaban J connectivity index is 1.27. The average molecular weight is 470 g/mol. The Kier molecular flexibility index (Phi) is 4.81. The molecule has 3 heterocycles. The zero-order valence-electron chi connectivity index (χ0n) is 19.9. The van der Waals surface area contributed by atoms with Crippen LogP contribution in [0.15, 0.2) is 121 Å². The second-order valence-corrected chi connectivity index (χ2v) is 9.36. The highest BCUT2D eigenvalue weighted by Crippen LogP contribution is 2.37. The summed E-state index contributed by atoms with van der Waals surface area (Å²) < 4.78 is 10.7. The molecule has 0 N–H and O–H groups in total. The van der Waals surface area contributed by atoms with Gasteiger partial charge in [0.15, 0.2) is 6.04 Å². The smallest absolute Gasteiger partial charge is 0.235 e. The number of allylic oxidation sites excluding steroid dienone is 2. The Morgan fingerprint density at radius 3 is 2.50 bits per heavy atom. The van der Waals surface area contributed by atoms with E-state index in [1.807, 2.05) is 42.6 Å². The number of aromatic nitrogens is 2. The number of fused-ring (bicyclic) bond motifs is 4. The third-order valence-corrected chi connectivity index (χ3v) is 7.19. The van der Waals surface area contributed by atoms with E-state index in [0.717, 1.165) is 34.0 Å². The predicted molar refractivity (Wildman–Crippen MR) is 142 cm³/mol. The van der Waals surface area contributed by atoms with Crippen LogP contribution in [-0.2, 0) is 0 Å². The summed E-state index contributed by atoms with van der Waals surface area (Å²) in [6, 6.07) is 29.4. The van der Waals surface area contributed by atoms with Crippen molar-refractivity contribution in [2.24, 2.45) is 11.0 Å². The van der Waals surface area contributed by atoms with E-state index >= 15 is 0 Å². The van der Waals surface area contributed by atoms with Crippen molar-refractivity contribution in [1.29, 1.82) is 0 Å². The Labute approximate surface area is 209 Å². The van der Waals surface area contributed by atoms with Crippen LogP contribution >= 0.6 is 0 Å². The number of hydrogen-bond donors (Lipinski definition) is 0. The van der Waals surface area contributed by atoms with Crippen molar-refractivity contribution >= 4 is 27.5 Å². The molecule has 0 radical (unpaired) electrons. The monoisotopic (exact) mass is 469 g/mol. The van der Waals surface area contributed by atoms with Crippen LogP contribution in [0.1, 0.15) is 6.92 Å². The predicted octanol–water partition coefficient (Wildman–Crippen LogP) is 7.58. The second-order valence-electron chi connectivity index (χ2n) is 9.36. The highest BCUT2D eigenvalue weighted by Gasteiger charge is 2.42. The number of benzene rings is 3. The molecule has 5 nitrogen and oxygen atoms in total. The first-order valence-corrected chi connectivity index (χ1v) is 12.3. The fraction of sp³-hybridized carbons (Fsp3) is 0.129. The minimum Gasteiger partial charge on any atom is -0.457 e. The Morgan fingerprint density at radius 1 is 0.778 bits per heavy atom. The van der Waals surface area contributed by atoms with Crippen molar-refractivity contribution in [2.45, 2.75) is 19.0 Å². The first-order chi connectivity index (χ1) is 17.8. The molecule has 0 saturated heterocycles. The molecule has 7 rings (SSSR count). The maximum Gasteiger partial charge on any atom is 0.235 e. The Hall–Kier alpha value is -4.51. The zero-order chi connectivity index (χ0) is 24.1. The van der Waals surface area contributed by atoms with Crippen LogP contribution in [0.25, 0.3) is 27.6 Å². The number of ether oxygens (including phenoxy) is 1. The minimum atomic E-state index is 0.200. The molecule has 1 aliphatic carbocycles. The van der Waals surface area contributed by atoms with Crippen molar-refractivity contribution in [1.82, 2.24) is 9.55 Å². The maximum atomic E-state index is 6.40. The van der Waals surface area contributed by atoms with Gasteiger partial charge < -0.3 is 4.74 Å². The largest absolute Gasteiger partial charge is 0.457 e. The minimum absolute atomic E-state index is 0.200. The van der Waals surface area contributed by atoms with Gasteiger partial charge in [-0.2, -0.15) is 0 Å². The van der Waals surface area contributed by atoms with Crippen molar-refractivity contribution < 1.29 is 9.43 Å². The molecule has 2 aromatic heterocycles. The van der Waals surface area contributed by atoms with Gasteiger partial charge in [0, 0.05) is 36.0 Å². The number of para-hydroxylation sites is 1. The number of hydrogen-bond acceptors (Lipinski definition) is 3. The van der Waals surface area contributed by atoms with E-state index in [2.05, 4.69) is 94.0 Å². The summed E-state index contributed by atoms with van der Waals surface area (Å²) in [5, 5.41) is 7.32. The lowest BCUT2D eigenvalue weighted by atomic mass is 9.91. The van der Waals surface area contributed by atoms with Crippen molar-refractivity contribution in [2.75, 3.05) is 0 Å². The molecular weight excluding hydrogens is 444 g/mol. The van der Waals surface area contributed by atoms with Crippen LogP contribution in [0.2, 0.25) is 0 Å². The van der Waals surface area contributed by atoms with Crippen molar-refractivity contribution in [3.05, 3.63) is 115 Å². The van der Waals surface area contributed by atoms with E-state index in [1.54, 1.807) is 0 Å². The van der Waals surface area contributed by atoms with Gasteiger partial charge in [0.05, 0.1) is 23.0 Å². The number of pyridine rings is 1. The summed E-state index contributed by atoms with van der Waals surface area (Å²) in [6.45, 7) is 2.23. The molecule has 2 aliphatic rings. The molecule has 0 saturated carbocycles. The molecular formula is C31H25N4O+. The number of rotatable bonds is 4. The van der Waals surface area contributed by atoms with Crippen molar-refractivity contribution in [3.8, 4) is 17.3 Å². The zero-order valence-corrected chi connectivity index (χ0v) is 19.9. The van der Waals surface area contributed by atoms with Gasteiger partial charge in [-0.25, -0.2) is 4.98 Å². The lowest BCUT2D eigenvalue weighted by molar-refractivity contribution is -0.536. The van der Waals surface area contributed by atoms with Gasteiger partial charge in [-0.1, -0.05) is 59.3 Å². The lowest BCUT2D eigenvalue weighted by Crippen LogP contribution is -2.24. The summed E-state index contributed by atoms with van der Waals surface area (Å²) in [4.78, 5) is 4.63. The summed E-state index contributed by atoms with van der Waals surface area (Å²) in [5.41, 5.74) is 3.23. The third kappa shape index (κ3) is 3.35. The second kappa shape index (κ2) is 8.31. The Morgan fingerprint density at radius 2 is 1.61 bits per heavy atom. The summed E-state index contributed by atoms with van der Waals surface area (Å²) in [6.07, 6.45) is 10.5. The molecule has 3 aromatic carbocycles. The normalized spacial score (nSPS) is 20.6. The lowest BCUT2D eigenvalue weighted by Gasteiger charge is -2.12. The molecule has 3 atom stereocenters. The molecule has 1 aliphatic heterocycles. The van der Waals surface area contributed by atoms with Gasteiger partial charge in [0.2, 0.25) is 5.69 Å². The van der Waals surface area contributed by atoms with E-state index in [4.69, 9.17) is 9.85 Å². The van der Waals surface area contributed by atoms with E-state index in [9.17, 15) is 0 Å². The van der Waals surface area contributed by atoms with Gasteiger partial charge in [-0.05, 0) is 41.5 Å². The van der Waals surface area contributed by atoms with E-state index in [0.29, 0.717) is 5.92 Å². The Bertz CT molecular complexity index is 1700. The molecule has 5 heteroatoms.